The number of fused-ring (bicyclic) bond motifs is 1. The lowest BCUT2D eigenvalue weighted by Crippen LogP contribution is -2.22. The van der Waals surface area contributed by atoms with E-state index in [0.717, 1.165) is 27.0 Å². The van der Waals surface area contributed by atoms with Crippen molar-refractivity contribution < 1.29 is 0 Å². The second-order valence-electron chi connectivity index (χ2n) is 4.93. The van der Waals surface area contributed by atoms with Crippen molar-refractivity contribution in [1.82, 2.24) is 19.3 Å². The summed E-state index contributed by atoms with van der Waals surface area (Å²) in [5, 5.41) is 5.07. The van der Waals surface area contributed by atoms with E-state index in [0.29, 0.717) is 11.9 Å². The summed E-state index contributed by atoms with van der Waals surface area (Å²) in [6, 6.07) is 7.72. The smallest absolute Gasteiger partial charge is 0.261 e. The molecular weight excluding hydrogens is 379 g/mol. The van der Waals surface area contributed by atoms with E-state index in [1.165, 1.54) is 0 Å². The van der Waals surface area contributed by atoms with Crippen LogP contribution in [0.2, 0.25) is 0 Å². The molecule has 3 aromatic rings. The van der Waals surface area contributed by atoms with Crippen molar-refractivity contribution in [3.8, 4) is 0 Å². The molecule has 1 aromatic carbocycles. The van der Waals surface area contributed by atoms with Gasteiger partial charge in [0.2, 0.25) is 0 Å². The maximum Gasteiger partial charge on any atom is 0.261 e. The minimum absolute atomic E-state index is 0.0139. The first-order valence-corrected chi connectivity index (χ1v) is 7.84. The van der Waals surface area contributed by atoms with Gasteiger partial charge in [0.05, 0.1) is 35.2 Å². The van der Waals surface area contributed by atoms with Crippen LogP contribution in [0, 0.1) is 10.5 Å². The van der Waals surface area contributed by atoms with Gasteiger partial charge in [-0.3, -0.25) is 14.0 Å². The molecule has 0 aliphatic rings. The summed E-state index contributed by atoms with van der Waals surface area (Å²) in [4.78, 5) is 17.0. The lowest BCUT2D eigenvalue weighted by atomic mass is 10.2. The van der Waals surface area contributed by atoms with Crippen LogP contribution in [0.3, 0.4) is 0 Å². The summed E-state index contributed by atoms with van der Waals surface area (Å²) in [5.41, 5.74) is 2.70. The molecule has 0 radical (unpaired) electrons. The molecule has 0 aliphatic heterocycles. The number of halogens is 1. The first-order valence-electron chi connectivity index (χ1n) is 6.76. The predicted octanol–water partition coefficient (Wildman–Crippen LogP) is 2.57. The van der Waals surface area contributed by atoms with Crippen LogP contribution in [0.4, 0.5) is 0 Å². The Hall–Kier alpha value is -1.70. The molecule has 0 aliphatic carbocycles. The number of hydrogen-bond acceptors (Lipinski definition) is 3. The van der Waals surface area contributed by atoms with Crippen LogP contribution in [0.1, 0.15) is 18.3 Å². The summed E-state index contributed by atoms with van der Waals surface area (Å²) in [7, 11) is 0. The Bertz CT molecular complexity index is 866. The average molecular weight is 394 g/mol. The molecule has 0 atom stereocenters. The molecule has 3 rings (SSSR count). The van der Waals surface area contributed by atoms with Crippen molar-refractivity contribution in [2.45, 2.75) is 26.9 Å². The number of benzene rings is 1. The number of rotatable bonds is 3. The molecule has 108 valence electrons. The molecule has 6 heteroatoms. The topological polar surface area (TPSA) is 52.7 Å². The summed E-state index contributed by atoms with van der Waals surface area (Å²) in [6.07, 6.45) is 1.61. The van der Waals surface area contributed by atoms with Crippen LogP contribution < -0.4 is 5.56 Å². The molecule has 0 amide bonds. The summed E-state index contributed by atoms with van der Waals surface area (Å²) < 4.78 is 4.59. The predicted molar refractivity (Wildman–Crippen MR) is 90.5 cm³/mol. The molecular formula is C15H15IN4O. The highest BCUT2D eigenvalue weighted by molar-refractivity contribution is 14.1. The third-order valence-electron chi connectivity index (χ3n) is 3.40. The zero-order valence-electron chi connectivity index (χ0n) is 11.9. The third-order valence-corrected chi connectivity index (χ3v) is 4.07. The first kappa shape index (κ1) is 14.2. The monoisotopic (exact) mass is 394 g/mol. The van der Waals surface area contributed by atoms with Gasteiger partial charge in [-0.15, -0.1) is 0 Å². The van der Waals surface area contributed by atoms with Crippen molar-refractivity contribution >= 4 is 33.5 Å². The third kappa shape index (κ3) is 2.72. The van der Waals surface area contributed by atoms with E-state index in [-0.39, 0.29) is 5.56 Å². The van der Waals surface area contributed by atoms with Crippen LogP contribution >= 0.6 is 22.6 Å². The molecule has 0 bridgehead atoms. The van der Waals surface area contributed by atoms with Crippen molar-refractivity contribution in [1.29, 1.82) is 0 Å². The molecule has 0 unspecified atom stereocenters. The van der Waals surface area contributed by atoms with E-state index in [4.69, 9.17) is 0 Å². The van der Waals surface area contributed by atoms with E-state index in [1.807, 2.05) is 42.8 Å². The second-order valence-corrected chi connectivity index (χ2v) is 6.18. The molecule has 0 fully saturated rings. The van der Waals surface area contributed by atoms with Gasteiger partial charge >= 0.3 is 0 Å². The zero-order chi connectivity index (χ0) is 15.0. The lowest BCUT2D eigenvalue weighted by molar-refractivity contribution is 0.590. The van der Waals surface area contributed by atoms with Crippen LogP contribution in [0.25, 0.3) is 10.9 Å². The summed E-state index contributed by atoms with van der Waals surface area (Å²) >= 11 is 2.20. The fourth-order valence-corrected chi connectivity index (χ4v) is 2.91. The van der Waals surface area contributed by atoms with Gasteiger partial charge in [0.1, 0.15) is 0 Å². The lowest BCUT2D eigenvalue weighted by Gasteiger charge is -2.08. The Morgan fingerprint density at radius 2 is 2.10 bits per heavy atom. The zero-order valence-corrected chi connectivity index (χ0v) is 14.0. The van der Waals surface area contributed by atoms with E-state index in [2.05, 4.69) is 32.7 Å². The highest BCUT2D eigenvalue weighted by Crippen LogP contribution is 2.12. The molecule has 0 spiro atoms. The Labute approximate surface area is 135 Å². The van der Waals surface area contributed by atoms with Crippen molar-refractivity contribution in [2.75, 3.05) is 0 Å². The number of aryl methyl sites for hydroxylation is 2. The Kier molecular flexibility index (Phi) is 3.79. The normalized spacial score (nSPS) is 11.2. The van der Waals surface area contributed by atoms with Gasteiger partial charge in [0, 0.05) is 10.1 Å². The summed E-state index contributed by atoms with van der Waals surface area (Å²) in [6.45, 7) is 5.28. The minimum atomic E-state index is -0.0139. The van der Waals surface area contributed by atoms with Crippen molar-refractivity contribution in [3.63, 3.8) is 0 Å². The van der Waals surface area contributed by atoms with Crippen molar-refractivity contribution in [2.24, 2.45) is 0 Å². The molecule has 0 saturated heterocycles. The molecule has 0 saturated carbocycles. The number of hydrogen-bond donors (Lipinski definition) is 0. The fraction of sp³-hybridized carbons (Fsp3) is 0.267. The van der Waals surface area contributed by atoms with Crippen LogP contribution in [-0.2, 0) is 13.1 Å². The Morgan fingerprint density at radius 1 is 1.29 bits per heavy atom. The molecule has 0 N–H and O–H groups in total. The first-order chi connectivity index (χ1) is 10.1. The molecule has 2 heterocycles. The van der Waals surface area contributed by atoms with E-state index in [1.54, 1.807) is 10.9 Å². The minimum Gasteiger partial charge on any atom is -0.293 e. The van der Waals surface area contributed by atoms with Crippen LogP contribution in [0.5, 0.6) is 0 Å². The SMILES string of the molecule is CCn1nc(C)cc1Cn1cnc2ccc(I)cc2c1=O. The van der Waals surface area contributed by atoms with Gasteiger partial charge in [0.15, 0.2) is 0 Å². The highest BCUT2D eigenvalue weighted by Gasteiger charge is 2.09. The van der Waals surface area contributed by atoms with E-state index < -0.39 is 0 Å². The Balaban J connectivity index is 2.08. The quantitative estimate of drug-likeness (QED) is 0.642. The second kappa shape index (κ2) is 5.59. The maximum atomic E-state index is 12.6. The highest BCUT2D eigenvalue weighted by atomic mass is 127. The van der Waals surface area contributed by atoms with E-state index >= 15 is 0 Å². The molecule has 21 heavy (non-hydrogen) atoms. The van der Waals surface area contributed by atoms with Gasteiger partial charge < -0.3 is 0 Å². The number of aromatic nitrogens is 4. The van der Waals surface area contributed by atoms with Gasteiger partial charge in [0.25, 0.3) is 5.56 Å². The van der Waals surface area contributed by atoms with Gasteiger partial charge in [-0.25, -0.2) is 4.98 Å². The van der Waals surface area contributed by atoms with Crippen LogP contribution in [-0.4, -0.2) is 19.3 Å². The standard InChI is InChI=1S/C15H15IN4O/c1-3-20-12(6-10(2)18-20)8-19-9-17-14-5-4-11(16)7-13(14)15(19)21/h4-7,9H,3,8H2,1-2H3. The number of nitrogens with zero attached hydrogens (tertiary/aromatic N) is 4. The average Bonchev–Trinajstić information content (AvgIpc) is 2.82. The fourth-order valence-electron chi connectivity index (χ4n) is 2.42. The van der Waals surface area contributed by atoms with Gasteiger partial charge in [-0.1, -0.05) is 0 Å². The Morgan fingerprint density at radius 3 is 2.86 bits per heavy atom. The van der Waals surface area contributed by atoms with Crippen LogP contribution in [0.15, 0.2) is 35.4 Å². The van der Waals surface area contributed by atoms with Crippen molar-refractivity contribution in [3.05, 3.63) is 55.9 Å². The van der Waals surface area contributed by atoms with Gasteiger partial charge in [-0.05, 0) is 60.7 Å². The molecule has 5 nitrogen and oxygen atoms in total. The summed E-state index contributed by atoms with van der Waals surface area (Å²) in [5.74, 6) is 0. The maximum absolute atomic E-state index is 12.6. The van der Waals surface area contributed by atoms with Gasteiger partial charge in [-0.2, -0.15) is 5.10 Å². The van der Waals surface area contributed by atoms with E-state index in [9.17, 15) is 4.79 Å². The molecule has 2 aromatic heterocycles. The largest absolute Gasteiger partial charge is 0.293 e.